The van der Waals surface area contributed by atoms with Gasteiger partial charge < -0.3 is 14.6 Å². The second-order valence-corrected chi connectivity index (χ2v) is 6.00. The normalized spacial score (nSPS) is 12.1. The van der Waals surface area contributed by atoms with Crippen molar-refractivity contribution >= 4 is 5.82 Å². The number of hydrogen-bond donors (Lipinski definition) is 1. The highest BCUT2D eigenvalue weighted by Crippen LogP contribution is 2.39. The van der Waals surface area contributed by atoms with Crippen molar-refractivity contribution in [3.05, 3.63) is 42.1 Å². The Morgan fingerprint density at radius 2 is 1.87 bits per heavy atom. The van der Waals surface area contributed by atoms with Crippen LogP contribution in [0.25, 0.3) is 22.8 Å². The topological polar surface area (TPSA) is 73.1 Å². The Bertz CT molecular complexity index is 1020. The van der Waals surface area contributed by atoms with Crippen molar-refractivity contribution in [2.24, 2.45) is 0 Å². The largest absolute Gasteiger partial charge is 0.493 e. The number of aromatic nitrogens is 3. The average Bonchev–Trinajstić information content (AvgIpc) is 3.16. The van der Waals surface area contributed by atoms with Crippen LogP contribution in [0.4, 0.5) is 32.2 Å². The fraction of sp³-hybridized carbons (Fsp3) is 0.278. The third-order valence-corrected chi connectivity index (χ3v) is 3.89. The Labute approximate surface area is 165 Å². The van der Waals surface area contributed by atoms with E-state index in [4.69, 9.17) is 9.26 Å². The molecule has 3 rings (SSSR count). The number of ether oxygens (including phenoxy) is 1. The molecule has 0 amide bonds. The van der Waals surface area contributed by atoms with Crippen LogP contribution < -0.4 is 10.1 Å². The first-order valence-corrected chi connectivity index (χ1v) is 8.46. The summed E-state index contributed by atoms with van der Waals surface area (Å²) >= 11 is 0. The van der Waals surface area contributed by atoms with Crippen molar-refractivity contribution in [2.75, 3.05) is 19.0 Å². The first-order chi connectivity index (χ1) is 14.1. The molecule has 3 aromatic rings. The minimum Gasteiger partial charge on any atom is -0.493 e. The molecule has 0 unspecified atom stereocenters. The van der Waals surface area contributed by atoms with Gasteiger partial charge in [-0.25, -0.2) is 4.98 Å². The van der Waals surface area contributed by atoms with Crippen molar-refractivity contribution in [3.8, 4) is 28.6 Å². The lowest BCUT2D eigenvalue weighted by Crippen LogP contribution is -2.15. The summed E-state index contributed by atoms with van der Waals surface area (Å²) in [4.78, 5) is 8.17. The van der Waals surface area contributed by atoms with Gasteiger partial charge in [0, 0.05) is 18.8 Å². The van der Waals surface area contributed by atoms with E-state index in [1.807, 2.05) is 0 Å². The maximum Gasteiger partial charge on any atom is 0.419 e. The Hall–Kier alpha value is -3.31. The average molecular weight is 432 g/mol. The van der Waals surface area contributed by atoms with E-state index < -0.39 is 36.7 Å². The van der Waals surface area contributed by atoms with Crippen LogP contribution in [0.1, 0.15) is 12.0 Å². The van der Waals surface area contributed by atoms with Crippen LogP contribution in [0.2, 0.25) is 0 Å². The summed E-state index contributed by atoms with van der Waals surface area (Å²) in [6.45, 7) is -0.940. The van der Waals surface area contributed by atoms with Crippen molar-refractivity contribution in [1.82, 2.24) is 15.1 Å². The van der Waals surface area contributed by atoms with Crippen molar-refractivity contribution in [1.29, 1.82) is 0 Å². The van der Waals surface area contributed by atoms with Crippen molar-refractivity contribution in [3.63, 3.8) is 0 Å². The molecule has 6 nitrogen and oxygen atoms in total. The molecule has 2 heterocycles. The van der Waals surface area contributed by atoms with Gasteiger partial charge in [-0.15, -0.1) is 0 Å². The van der Waals surface area contributed by atoms with Gasteiger partial charge in [-0.05, 0) is 30.3 Å². The molecule has 0 aliphatic carbocycles. The Morgan fingerprint density at radius 3 is 2.53 bits per heavy atom. The molecule has 30 heavy (non-hydrogen) atoms. The van der Waals surface area contributed by atoms with Crippen LogP contribution in [0.3, 0.4) is 0 Å². The van der Waals surface area contributed by atoms with Crippen LogP contribution in [0.5, 0.6) is 5.75 Å². The summed E-state index contributed by atoms with van der Waals surface area (Å²) in [6.07, 6.45) is -9.26. The van der Waals surface area contributed by atoms with Gasteiger partial charge in [0.05, 0.1) is 24.2 Å². The van der Waals surface area contributed by atoms with E-state index in [0.29, 0.717) is 17.4 Å². The molecule has 0 aliphatic rings. The lowest BCUT2D eigenvalue weighted by Gasteiger charge is -2.15. The summed E-state index contributed by atoms with van der Waals surface area (Å²) in [7, 11) is 1.62. The molecule has 0 bridgehead atoms. The minimum atomic E-state index is -4.87. The zero-order valence-corrected chi connectivity index (χ0v) is 15.3. The molecule has 1 aromatic carbocycles. The summed E-state index contributed by atoms with van der Waals surface area (Å²) in [5, 5.41) is 6.59. The molecular formula is C18H14F6N4O2. The van der Waals surface area contributed by atoms with Crippen LogP contribution in [-0.2, 0) is 6.18 Å². The van der Waals surface area contributed by atoms with Gasteiger partial charge in [0.25, 0.3) is 5.89 Å². The third-order valence-electron chi connectivity index (χ3n) is 3.89. The molecule has 0 saturated heterocycles. The van der Waals surface area contributed by atoms with Crippen LogP contribution >= 0.6 is 0 Å². The van der Waals surface area contributed by atoms with Gasteiger partial charge in [-0.2, -0.15) is 31.3 Å². The lowest BCUT2D eigenvalue weighted by atomic mass is 10.1. The second kappa shape index (κ2) is 8.20. The fourth-order valence-corrected chi connectivity index (χ4v) is 2.52. The number of nitrogens with one attached hydrogen (secondary N) is 1. The summed E-state index contributed by atoms with van der Waals surface area (Å²) in [6, 6.07) is 6.06. The number of benzene rings is 1. The predicted molar refractivity (Wildman–Crippen MR) is 93.7 cm³/mol. The van der Waals surface area contributed by atoms with E-state index in [-0.39, 0.29) is 17.3 Å². The van der Waals surface area contributed by atoms with E-state index >= 15 is 0 Å². The molecule has 160 valence electrons. The Kier molecular flexibility index (Phi) is 5.85. The number of alkyl halides is 6. The zero-order valence-electron chi connectivity index (χ0n) is 15.3. The maximum atomic E-state index is 13.4. The van der Waals surface area contributed by atoms with Crippen molar-refractivity contribution in [2.45, 2.75) is 18.8 Å². The molecule has 0 spiro atoms. The predicted octanol–water partition coefficient (Wildman–Crippen LogP) is 5.19. The number of nitrogens with zero attached hydrogens (tertiary/aromatic N) is 3. The molecule has 0 atom stereocenters. The molecule has 1 N–H and O–H groups in total. The number of halogens is 6. The van der Waals surface area contributed by atoms with E-state index in [9.17, 15) is 26.3 Å². The van der Waals surface area contributed by atoms with Crippen LogP contribution in [0.15, 0.2) is 41.1 Å². The van der Waals surface area contributed by atoms with Gasteiger partial charge in [0.15, 0.2) is 0 Å². The third kappa shape index (κ3) is 4.99. The van der Waals surface area contributed by atoms with Gasteiger partial charge in [-0.3, -0.25) is 0 Å². The number of hydrogen-bond acceptors (Lipinski definition) is 6. The lowest BCUT2D eigenvalue weighted by molar-refractivity contribution is -0.143. The Morgan fingerprint density at radius 1 is 1.10 bits per heavy atom. The van der Waals surface area contributed by atoms with Crippen LogP contribution in [-0.4, -0.2) is 35.0 Å². The van der Waals surface area contributed by atoms with Gasteiger partial charge in [-0.1, -0.05) is 5.16 Å². The first-order valence-electron chi connectivity index (χ1n) is 8.46. The maximum absolute atomic E-state index is 13.4. The highest BCUT2D eigenvalue weighted by atomic mass is 19.4. The summed E-state index contributed by atoms with van der Waals surface area (Å²) < 4.78 is 86.7. The minimum absolute atomic E-state index is 0.0702. The zero-order chi connectivity index (χ0) is 21.9. The van der Waals surface area contributed by atoms with E-state index in [0.717, 1.165) is 6.07 Å². The number of pyridine rings is 1. The van der Waals surface area contributed by atoms with Gasteiger partial charge in [0.2, 0.25) is 5.82 Å². The number of anilines is 1. The molecule has 12 heteroatoms. The molecule has 0 radical (unpaired) electrons. The molecule has 0 saturated carbocycles. The SMILES string of the molecule is CNc1ncccc1-c1noc(-c2ccc(OCCC(F)(F)F)c(C(F)(F)F)c2)n1. The highest BCUT2D eigenvalue weighted by molar-refractivity contribution is 5.70. The molecule has 0 aliphatic heterocycles. The van der Waals surface area contributed by atoms with Gasteiger partial charge >= 0.3 is 12.4 Å². The summed E-state index contributed by atoms with van der Waals surface area (Å²) in [5.41, 5.74) is -0.850. The smallest absolute Gasteiger partial charge is 0.419 e. The molecule has 2 aromatic heterocycles. The highest BCUT2D eigenvalue weighted by Gasteiger charge is 2.36. The van der Waals surface area contributed by atoms with E-state index in [1.54, 1.807) is 19.2 Å². The van der Waals surface area contributed by atoms with E-state index in [2.05, 4.69) is 20.4 Å². The van der Waals surface area contributed by atoms with Crippen molar-refractivity contribution < 1.29 is 35.6 Å². The van der Waals surface area contributed by atoms with Crippen LogP contribution in [0, 0.1) is 0 Å². The fourth-order valence-electron chi connectivity index (χ4n) is 2.52. The molecule has 0 fully saturated rings. The standard InChI is InChI=1S/C18H14F6N4O2/c1-25-14-11(3-2-7-26-14)15-27-16(30-28-15)10-4-5-13(12(9-10)18(22,23)24)29-8-6-17(19,20)21/h2-5,7,9H,6,8H2,1H3,(H,25,26). The Balaban J connectivity index is 1.91. The monoisotopic (exact) mass is 432 g/mol. The van der Waals surface area contributed by atoms with Gasteiger partial charge in [0.1, 0.15) is 11.6 Å². The quantitative estimate of drug-likeness (QED) is 0.541. The van der Waals surface area contributed by atoms with E-state index in [1.165, 1.54) is 12.3 Å². The number of rotatable bonds is 6. The second-order valence-electron chi connectivity index (χ2n) is 6.00. The summed E-state index contributed by atoms with van der Waals surface area (Å²) in [5.74, 6) is -0.390. The first kappa shape index (κ1) is 21.4. The molecular weight excluding hydrogens is 418 g/mol.